The second kappa shape index (κ2) is 6.07. The molecule has 0 atom stereocenters. The quantitative estimate of drug-likeness (QED) is 0.794. The van der Waals surface area contributed by atoms with Gasteiger partial charge in [-0.2, -0.15) is 23.1 Å². The number of hydrogen-bond acceptors (Lipinski definition) is 5. The lowest BCUT2D eigenvalue weighted by molar-refractivity contribution is -0.138. The summed E-state index contributed by atoms with van der Waals surface area (Å²) in [4.78, 5) is 20.2. The van der Waals surface area contributed by atoms with Crippen molar-refractivity contribution < 1.29 is 18.0 Å². The number of nitrogens with zero attached hydrogens (tertiary/aromatic N) is 5. The minimum absolute atomic E-state index is 0.0256. The molecule has 10 heteroatoms. The molecule has 0 bridgehead atoms. The molecule has 1 amide bonds. The van der Waals surface area contributed by atoms with Crippen LogP contribution in [0.3, 0.4) is 0 Å². The fraction of sp³-hybridized carbons (Fsp3) is 0.0714. The molecule has 0 fully saturated rings. The number of nitrogens with one attached hydrogen (secondary N) is 1. The van der Waals surface area contributed by atoms with Gasteiger partial charge < -0.3 is 0 Å². The Hall–Kier alpha value is -3.30. The number of alkyl halides is 3. The van der Waals surface area contributed by atoms with E-state index in [-0.39, 0.29) is 11.6 Å². The number of para-hydroxylation sites is 1. The lowest BCUT2D eigenvalue weighted by Crippen LogP contribution is -2.16. The Morgan fingerprint density at radius 1 is 1.04 bits per heavy atom. The summed E-state index contributed by atoms with van der Waals surface area (Å²) >= 11 is 0. The second-order valence-corrected chi connectivity index (χ2v) is 4.60. The number of carbonyl (C=O) groups is 1. The fourth-order valence-corrected chi connectivity index (χ4v) is 1.76. The summed E-state index contributed by atoms with van der Waals surface area (Å²) in [5.41, 5.74) is -0.375. The fourth-order valence-electron chi connectivity index (χ4n) is 1.76. The zero-order valence-corrected chi connectivity index (χ0v) is 11.9. The Kier molecular flexibility index (Phi) is 3.94. The van der Waals surface area contributed by atoms with E-state index in [0.717, 1.165) is 0 Å². The minimum atomic E-state index is -4.54. The predicted octanol–water partition coefficient (Wildman–Crippen LogP) is 2.33. The first kappa shape index (κ1) is 15.6. The molecular weight excluding hydrogens is 325 g/mol. The third kappa shape index (κ3) is 3.37. The number of benzene rings is 1. The highest BCUT2D eigenvalue weighted by molar-refractivity contribution is 6.01. The van der Waals surface area contributed by atoms with Crippen LogP contribution >= 0.6 is 0 Å². The van der Waals surface area contributed by atoms with E-state index >= 15 is 0 Å². The van der Waals surface area contributed by atoms with Gasteiger partial charge in [-0.1, -0.05) is 18.2 Å². The van der Waals surface area contributed by atoms with E-state index in [4.69, 9.17) is 0 Å². The van der Waals surface area contributed by atoms with E-state index in [0.29, 0.717) is 18.1 Å². The number of anilines is 1. The molecule has 1 aromatic carbocycles. The Bertz CT molecular complexity index is 845. The number of aromatic nitrogens is 5. The van der Waals surface area contributed by atoms with Gasteiger partial charge in [0, 0.05) is 12.4 Å². The smallest absolute Gasteiger partial charge is 0.289 e. The predicted molar refractivity (Wildman–Crippen MR) is 76.3 cm³/mol. The van der Waals surface area contributed by atoms with Crippen molar-refractivity contribution in [1.29, 1.82) is 0 Å². The first-order valence-electron chi connectivity index (χ1n) is 6.62. The highest BCUT2D eigenvalue weighted by Crippen LogP contribution is 2.28. The second-order valence-electron chi connectivity index (χ2n) is 4.60. The SMILES string of the molecule is O=C(Nc1ncc(C(F)(F)F)cn1)c1cnn(-c2ccccc2)n1. The third-order valence-electron chi connectivity index (χ3n) is 2.92. The van der Waals surface area contributed by atoms with Gasteiger partial charge in [0.25, 0.3) is 5.91 Å². The molecule has 7 nitrogen and oxygen atoms in total. The molecule has 0 spiro atoms. The topological polar surface area (TPSA) is 85.6 Å². The maximum Gasteiger partial charge on any atom is 0.419 e. The molecule has 0 radical (unpaired) electrons. The molecule has 2 heterocycles. The van der Waals surface area contributed by atoms with Gasteiger partial charge in [0.05, 0.1) is 17.4 Å². The van der Waals surface area contributed by atoms with Gasteiger partial charge in [-0.05, 0) is 12.1 Å². The Morgan fingerprint density at radius 3 is 2.33 bits per heavy atom. The van der Waals surface area contributed by atoms with E-state index in [2.05, 4.69) is 25.5 Å². The normalized spacial score (nSPS) is 11.3. The van der Waals surface area contributed by atoms with Crippen LogP contribution in [0.4, 0.5) is 19.1 Å². The molecule has 122 valence electrons. The summed E-state index contributed by atoms with van der Waals surface area (Å²) in [5, 5.41) is 10.2. The average Bonchev–Trinajstić information content (AvgIpc) is 3.05. The van der Waals surface area contributed by atoms with Crippen LogP contribution in [0.5, 0.6) is 0 Å². The van der Waals surface area contributed by atoms with Crippen molar-refractivity contribution in [3.63, 3.8) is 0 Å². The first-order chi connectivity index (χ1) is 11.4. The molecule has 2 aromatic heterocycles. The van der Waals surface area contributed by atoms with Gasteiger partial charge in [-0.25, -0.2) is 9.97 Å². The van der Waals surface area contributed by atoms with Gasteiger partial charge >= 0.3 is 6.18 Å². The summed E-state index contributed by atoms with van der Waals surface area (Å²) in [6, 6.07) is 8.90. The average molecular weight is 334 g/mol. The van der Waals surface area contributed by atoms with Crippen molar-refractivity contribution in [3.8, 4) is 5.69 Å². The summed E-state index contributed by atoms with van der Waals surface area (Å²) in [6.45, 7) is 0. The van der Waals surface area contributed by atoms with Crippen LogP contribution in [-0.2, 0) is 6.18 Å². The van der Waals surface area contributed by atoms with E-state index in [1.807, 2.05) is 6.07 Å². The van der Waals surface area contributed by atoms with Gasteiger partial charge in [0.1, 0.15) is 0 Å². The number of halogens is 3. The Morgan fingerprint density at radius 2 is 1.71 bits per heavy atom. The lowest BCUT2D eigenvalue weighted by atomic mass is 10.3. The Balaban J connectivity index is 1.73. The number of rotatable bonds is 3. The molecule has 0 saturated heterocycles. The van der Waals surface area contributed by atoms with Crippen molar-refractivity contribution in [2.75, 3.05) is 5.32 Å². The van der Waals surface area contributed by atoms with Crippen LogP contribution in [0, 0.1) is 0 Å². The molecule has 0 unspecified atom stereocenters. The van der Waals surface area contributed by atoms with Crippen LogP contribution in [-0.4, -0.2) is 30.9 Å². The van der Waals surface area contributed by atoms with Crippen LogP contribution in [0.15, 0.2) is 48.9 Å². The number of hydrogen-bond donors (Lipinski definition) is 1. The molecule has 3 rings (SSSR count). The summed E-state index contributed by atoms with van der Waals surface area (Å²) < 4.78 is 37.3. The van der Waals surface area contributed by atoms with Crippen molar-refractivity contribution >= 4 is 11.9 Å². The van der Waals surface area contributed by atoms with Crippen molar-refractivity contribution in [2.45, 2.75) is 6.18 Å². The molecule has 1 N–H and O–H groups in total. The lowest BCUT2D eigenvalue weighted by Gasteiger charge is -2.06. The van der Waals surface area contributed by atoms with Crippen molar-refractivity contribution in [3.05, 3.63) is 60.2 Å². The van der Waals surface area contributed by atoms with E-state index in [1.54, 1.807) is 24.3 Å². The van der Waals surface area contributed by atoms with Gasteiger partial charge in [-0.3, -0.25) is 10.1 Å². The largest absolute Gasteiger partial charge is 0.419 e. The molecule has 0 aliphatic heterocycles. The molecule has 0 aliphatic rings. The molecule has 3 aromatic rings. The molecule has 0 aliphatic carbocycles. The van der Waals surface area contributed by atoms with Gasteiger partial charge in [0.2, 0.25) is 5.95 Å². The summed E-state index contributed by atoms with van der Waals surface area (Å²) in [5.74, 6) is -0.945. The van der Waals surface area contributed by atoms with Gasteiger partial charge in [0.15, 0.2) is 5.69 Å². The van der Waals surface area contributed by atoms with Crippen LogP contribution < -0.4 is 5.32 Å². The maximum absolute atomic E-state index is 12.4. The monoisotopic (exact) mass is 334 g/mol. The van der Waals surface area contributed by atoms with Crippen molar-refractivity contribution in [2.24, 2.45) is 0 Å². The van der Waals surface area contributed by atoms with Crippen LogP contribution in [0.2, 0.25) is 0 Å². The highest BCUT2D eigenvalue weighted by Gasteiger charge is 2.31. The highest BCUT2D eigenvalue weighted by atomic mass is 19.4. The van der Waals surface area contributed by atoms with E-state index in [9.17, 15) is 18.0 Å². The standard InChI is InChI=1S/C14H9F3N6O/c15-14(16,17)9-6-18-13(19-7-9)21-12(24)11-8-20-23(22-11)10-4-2-1-3-5-10/h1-8H,(H,18,19,21,24). The molecular formula is C14H9F3N6O. The van der Waals surface area contributed by atoms with Gasteiger partial charge in [-0.15, -0.1) is 5.10 Å². The summed E-state index contributed by atoms with van der Waals surface area (Å²) in [6.07, 6.45) is -2.14. The van der Waals surface area contributed by atoms with Crippen molar-refractivity contribution in [1.82, 2.24) is 25.0 Å². The number of carbonyl (C=O) groups excluding carboxylic acids is 1. The van der Waals surface area contributed by atoms with Crippen LogP contribution in [0.25, 0.3) is 5.69 Å². The van der Waals surface area contributed by atoms with E-state index < -0.39 is 17.6 Å². The van der Waals surface area contributed by atoms with Crippen LogP contribution in [0.1, 0.15) is 16.1 Å². The maximum atomic E-state index is 12.4. The Labute approximate surface area is 133 Å². The first-order valence-corrected chi connectivity index (χ1v) is 6.62. The molecule has 24 heavy (non-hydrogen) atoms. The third-order valence-corrected chi connectivity index (χ3v) is 2.92. The zero-order chi connectivity index (χ0) is 17.2. The number of amides is 1. The zero-order valence-electron chi connectivity index (χ0n) is 11.9. The summed E-state index contributed by atoms with van der Waals surface area (Å²) in [7, 11) is 0. The minimum Gasteiger partial charge on any atom is -0.289 e. The van der Waals surface area contributed by atoms with E-state index in [1.165, 1.54) is 11.0 Å². The molecule has 0 saturated carbocycles.